The smallest absolute Gasteiger partial charge is 0.334 e. The molecule has 0 bridgehead atoms. The molecule has 244 valence electrons. The van der Waals surface area contributed by atoms with Gasteiger partial charge in [0.05, 0.1) is 19.7 Å². The monoisotopic (exact) mass is 669 g/mol. The van der Waals surface area contributed by atoms with E-state index in [-0.39, 0.29) is 18.1 Å². The maximum absolute atomic E-state index is 13.5. The highest BCUT2D eigenvalue weighted by Crippen LogP contribution is 2.29. The molecule has 0 heterocycles. The van der Waals surface area contributed by atoms with Gasteiger partial charge in [0.25, 0.3) is 5.91 Å². The molecule has 1 aliphatic rings. The number of esters is 1. The van der Waals surface area contributed by atoms with Crippen molar-refractivity contribution in [1.29, 1.82) is 0 Å². The highest BCUT2D eigenvalue weighted by atomic mass is 35.5. The van der Waals surface area contributed by atoms with E-state index in [0.717, 1.165) is 24.0 Å². The summed E-state index contributed by atoms with van der Waals surface area (Å²) in [4.78, 5) is 48.0. The van der Waals surface area contributed by atoms with Gasteiger partial charge in [0.15, 0.2) is 6.10 Å². The minimum Gasteiger partial charge on any atom is -0.479 e. The quantitative estimate of drug-likeness (QED) is 0.171. The number of carbonyl (C=O) groups is 4. The molecule has 0 spiro atoms. The molecule has 12 heteroatoms. The zero-order valence-electron chi connectivity index (χ0n) is 25.6. The number of ether oxygens (including phenoxy) is 1. The molecule has 3 amide bonds. The minimum atomic E-state index is -1.69. The number of carboxylic acid groups (broad SMARTS) is 1. The highest BCUT2D eigenvalue weighted by molar-refractivity contribution is 6.35. The van der Waals surface area contributed by atoms with Gasteiger partial charge in [-0.05, 0) is 91.8 Å². The lowest BCUT2D eigenvalue weighted by Crippen LogP contribution is -2.36. The third-order valence-corrected chi connectivity index (χ3v) is 7.28. The SMILES string of the molecule is CCOC(C)=O.O=C(NCC(O)C(=O)O)c1ccc(CN(C(=O)Nc2cc(Cl)cc(Cl)c2)c2ccc(C3=CCCCC3)cc2)cc1. The average molecular weight is 671 g/mol. The van der Waals surface area contributed by atoms with Gasteiger partial charge in [0.1, 0.15) is 0 Å². The van der Waals surface area contributed by atoms with E-state index in [2.05, 4.69) is 21.4 Å². The standard InChI is InChI=1S/C30H29Cl2N3O5.C4H8O2/c31-23-14-24(32)16-25(15-23)34-30(40)35(26-12-10-21(11-13-26)20-4-2-1-3-5-20)18-19-6-8-22(9-7-19)28(37)33-17-27(36)29(38)39;1-3-6-4(2)5/h4,6-16,27,36H,1-3,5,17-18H2,(H,33,37)(H,34,40)(H,38,39);3H2,1-2H3. The van der Waals surface area contributed by atoms with Crippen LogP contribution in [0.3, 0.4) is 0 Å². The Hall–Kier alpha value is -4.38. The van der Waals surface area contributed by atoms with E-state index in [9.17, 15) is 24.3 Å². The predicted octanol–water partition coefficient (Wildman–Crippen LogP) is 6.93. The first kappa shape index (κ1) is 36.1. The molecule has 0 fully saturated rings. The number of allylic oxidation sites excluding steroid dienone is 2. The summed E-state index contributed by atoms with van der Waals surface area (Å²) >= 11 is 12.2. The number of rotatable bonds is 10. The fourth-order valence-corrected chi connectivity index (χ4v) is 5.11. The minimum absolute atomic E-state index is 0.196. The van der Waals surface area contributed by atoms with Gasteiger partial charge < -0.3 is 25.6 Å². The fraction of sp³-hybridized carbons (Fsp3) is 0.294. The summed E-state index contributed by atoms with van der Waals surface area (Å²) in [5, 5.41) is 24.2. The molecule has 0 saturated carbocycles. The Morgan fingerprint density at radius 1 is 0.957 bits per heavy atom. The lowest BCUT2D eigenvalue weighted by Gasteiger charge is -2.24. The number of nitrogens with one attached hydrogen (secondary N) is 2. The van der Waals surface area contributed by atoms with Crippen molar-refractivity contribution in [1.82, 2.24) is 5.32 Å². The third kappa shape index (κ3) is 11.5. The predicted molar refractivity (Wildman–Crippen MR) is 179 cm³/mol. The normalized spacial score (nSPS) is 12.8. The number of hydrogen-bond acceptors (Lipinski definition) is 6. The molecule has 1 atom stereocenters. The molecular weight excluding hydrogens is 633 g/mol. The number of aliphatic carboxylic acids is 1. The van der Waals surface area contributed by atoms with Crippen LogP contribution in [0.15, 0.2) is 72.8 Å². The van der Waals surface area contributed by atoms with Crippen molar-refractivity contribution in [2.75, 3.05) is 23.4 Å². The Kier molecular flexibility index (Phi) is 14.1. The van der Waals surface area contributed by atoms with Crippen LogP contribution in [-0.4, -0.2) is 53.3 Å². The van der Waals surface area contributed by atoms with Crippen LogP contribution in [-0.2, 0) is 20.9 Å². The van der Waals surface area contributed by atoms with Crippen molar-refractivity contribution in [2.24, 2.45) is 0 Å². The van der Waals surface area contributed by atoms with Gasteiger partial charge in [-0.2, -0.15) is 0 Å². The van der Waals surface area contributed by atoms with E-state index < -0.39 is 30.6 Å². The molecule has 0 saturated heterocycles. The van der Waals surface area contributed by atoms with Gasteiger partial charge >= 0.3 is 18.0 Å². The van der Waals surface area contributed by atoms with Crippen molar-refractivity contribution in [3.05, 3.63) is 99.5 Å². The van der Waals surface area contributed by atoms with Crippen LogP contribution >= 0.6 is 23.2 Å². The molecular formula is C34H37Cl2N3O7. The molecule has 0 radical (unpaired) electrons. The summed E-state index contributed by atoms with van der Waals surface area (Å²) in [5.41, 5.74) is 4.61. The van der Waals surface area contributed by atoms with Crippen molar-refractivity contribution in [3.8, 4) is 0 Å². The van der Waals surface area contributed by atoms with Crippen LogP contribution in [0.5, 0.6) is 0 Å². The number of hydrogen-bond donors (Lipinski definition) is 4. The topological polar surface area (TPSA) is 145 Å². The van der Waals surface area contributed by atoms with Gasteiger partial charge in [0, 0.05) is 33.9 Å². The van der Waals surface area contributed by atoms with Crippen LogP contribution in [0.2, 0.25) is 10.0 Å². The summed E-state index contributed by atoms with van der Waals surface area (Å²) in [6, 6.07) is 18.8. The van der Waals surface area contributed by atoms with Crippen LogP contribution in [0.4, 0.5) is 16.2 Å². The number of amides is 3. The molecule has 4 rings (SSSR count). The van der Waals surface area contributed by atoms with E-state index in [1.807, 2.05) is 24.3 Å². The lowest BCUT2D eigenvalue weighted by atomic mass is 9.93. The van der Waals surface area contributed by atoms with Gasteiger partial charge in [-0.25, -0.2) is 9.59 Å². The second kappa shape index (κ2) is 17.9. The summed E-state index contributed by atoms with van der Waals surface area (Å²) < 4.78 is 4.40. The number of urea groups is 1. The van der Waals surface area contributed by atoms with Crippen molar-refractivity contribution in [3.63, 3.8) is 0 Å². The van der Waals surface area contributed by atoms with Crippen LogP contribution < -0.4 is 15.5 Å². The van der Waals surface area contributed by atoms with E-state index in [1.54, 1.807) is 54.3 Å². The second-order valence-electron chi connectivity index (χ2n) is 10.4. The van der Waals surface area contributed by atoms with Crippen LogP contribution in [0.25, 0.3) is 5.57 Å². The number of carboxylic acids is 1. The Morgan fingerprint density at radius 2 is 1.61 bits per heavy atom. The first-order valence-electron chi connectivity index (χ1n) is 14.7. The van der Waals surface area contributed by atoms with Crippen molar-refractivity contribution < 1.29 is 34.1 Å². The second-order valence-corrected chi connectivity index (χ2v) is 11.3. The van der Waals surface area contributed by atoms with E-state index in [4.69, 9.17) is 28.3 Å². The van der Waals surface area contributed by atoms with E-state index >= 15 is 0 Å². The zero-order chi connectivity index (χ0) is 33.6. The molecule has 0 aliphatic heterocycles. The Labute approximate surface area is 278 Å². The number of aliphatic hydroxyl groups is 1. The number of aliphatic hydroxyl groups excluding tert-OH is 1. The van der Waals surface area contributed by atoms with Crippen molar-refractivity contribution in [2.45, 2.75) is 52.2 Å². The largest absolute Gasteiger partial charge is 0.479 e. The average Bonchev–Trinajstić information content (AvgIpc) is 3.02. The Bertz CT molecular complexity index is 1520. The number of halogens is 2. The molecule has 3 aromatic rings. The number of benzene rings is 3. The van der Waals surface area contributed by atoms with Crippen LogP contribution in [0, 0.1) is 0 Å². The first-order chi connectivity index (χ1) is 22.0. The fourth-order valence-electron chi connectivity index (χ4n) is 4.58. The molecule has 1 unspecified atom stereocenters. The number of carbonyl (C=O) groups excluding carboxylic acids is 3. The maximum atomic E-state index is 13.5. The number of anilines is 2. The summed E-state index contributed by atoms with van der Waals surface area (Å²) in [6.07, 6.45) is 5.06. The molecule has 4 N–H and O–H groups in total. The number of nitrogens with zero attached hydrogens (tertiary/aromatic N) is 1. The molecule has 10 nitrogen and oxygen atoms in total. The lowest BCUT2D eigenvalue weighted by molar-refractivity contribution is -0.146. The molecule has 3 aromatic carbocycles. The van der Waals surface area contributed by atoms with E-state index in [0.29, 0.717) is 28.0 Å². The summed E-state index contributed by atoms with van der Waals surface area (Å²) in [5.74, 6) is -2.15. The molecule has 46 heavy (non-hydrogen) atoms. The maximum Gasteiger partial charge on any atom is 0.334 e. The van der Waals surface area contributed by atoms with Gasteiger partial charge in [-0.1, -0.05) is 53.5 Å². The van der Waals surface area contributed by atoms with Gasteiger partial charge in [-0.15, -0.1) is 0 Å². The zero-order valence-corrected chi connectivity index (χ0v) is 27.1. The van der Waals surface area contributed by atoms with E-state index in [1.165, 1.54) is 25.3 Å². The summed E-state index contributed by atoms with van der Waals surface area (Å²) in [6.45, 7) is 3.44. The van der Waals surface area contributed by atoms with Gasteiger partial charge in [0.2, 0.25) is 0 Å². The van der Waals surface area contributed by atoms with Crippen LogP contribution in [0.1, 0.15) is 61.0 Å². The molecule has 1 aliphatic carbocycles. The molecule has 0 aromatic heterocycles. The third-order valence-electron chi connectivity index (χ3n) is 6.85. The highest BCUT2D eigenvalue weighted by Gasteiger charge is 2.19. The van der Waals surface area contributed by atoms with Crippen molar-refractivity contribution >= 4 is 64.0 Å². The van der Waals surface area contributed by atoms with Gasteiger partial charge in [-0.3, -0.25) is 14.5 Å². The summed E-state index contributed by atoms with van der Waals surface area (Å²) in [7, 11) is 0. The first-order valence-corrected chi connectivity index (χ1v) is 15.5. The Morgan fingerprint density at radius 3 is 2.13 bits per heavy atom. The Balaban J connectivity index is 0.000000875.